The Hall–Kier alpha value is -1.41. The number of pyridine rings is 1. The summed E-state index contributed by atoms with van der Waals surface area (Å²) in [6.07, 6.45) is 0.932. The van der Waals surface area contributed by atoms with Gasteiger partial charge in [0.1, 0.15) is 0 Å². The largest absolute Gasteiger partial charge is 0.327 e. The summed E-state index contributed by atoms with van der Waals surface area (Å²) in [6.45, 7) is 6.34. The minimum absolute atomic E-state index is 0.228. The maximum absolute atomic E-state index is 6.10. The monoisotopic (exact) mass is 228 g/mol. The van der Waals surface area contributed by atoms with Crippen molar-refractivity contribution in [1.82, 2.24) is 4.98 Å². The van der Waals surface area contributed by atoms with E-state index in [2.05, 4.69) is 49.2 Å². The summed E-state index contributed by atoms with van der Waals surface area (Å²) >= 11 is 0. The summed E-state index contributed by atoms with van der Waals surface area (Å²) in [5, 5.41) is 1.20. The fourth-order valence-corrected chi connectivity index (χ4v) is 1.91. The van der Waals surface area contributed by atoms with Gasteiger partial charge in [-0.1, -0.05) is 26.0 Å². The van der Waals surface area contributed by atoms with Crippen molar-refractivity contribution in [3.05, 3.63) is 41.6 Å². The van der Waals surface area contributed by atoms with E-state index in [4.69, 9.17) is 5.73 Å². The van der Waals surface area contributed by atoms with Crippen LogP contribution >= 0.6 is 0 Å². The molecule has 0 radical (unpaired) electrons. The van der Waals surface area contributed by atoms with Crippen molar-refractivity contribution in [2.45, 2.75) is 33.2 Å². The van der Waals surface area contributed by atoms with Crippen LogP contribution < -0.4 is 5.73 Å². The van der Waals surface area contributed by atoms with E-state index in [1.165, 1.54) is 10.9 Å². The molecule has 2 heteroatoms. The average Bonchev–Trinajstić information content (AvgIpc) is 2.29. The van der Waals surface area contributed by atoms with Crippen LogP contribution in [0.2, 0.25) is 0 Å². The first-order chi connectivity index (χ1) is 8.06. The van der Waals surface area contributed by atoms with E-state index in [1.807, 2.05) is 6.92 Å². The molecule has 0 amide bonds. The van der Waals surface area contributed by atoms with Crippen molar-refractivity contribution in [3.63, 3.8) is 0 Å². The number of nitrogens with zero attached hydrogens (tertiary/aromatic N) is 1. The number of aromatic nitrogens is 1. The molecule has 0 spiro atoms. The van der Waals surface area contributed by atoms with E-state index in [-0.39, 0.29) is 6.04 Å². The van der Waals surface area contributed by atoms with Gasteiger partial charge in [-0.2, -0.15) is 0 Å². The molecule has 2 aromatic rings. The second kappa shape index (κ2) is 4.84. The van der Waals surface area contributed by atoms with Gasteiger partial charge in [0.2, 0.25) is 0 Å². The van der Waals surface area contributed by atoms with Crippen LogP contribution in [0.3, 0.4) is 0 Å². The van der Waals surface area contributed by atoms with Crippen LogP contribution in [0.25, 0.3) is 10.9 Å². The van der Waals surface area contributed by atoms with Gasteiger partial charge in [0.25, 0.3) is 0 Å². The predicted molar refractivity (Wildman–Crippen MR) is 73.0 cm³/mol. The van der Waals surface area contributed by atoms with E-state index in [1.54, 1.807) is 0 Å². The van der Waals surface area contributed by atoms with E-state index in [0.717, 1.165) is 17.6 Å². The van der Waals surface area contributed by atoms with E-state index in [9.17, 15) is 0 Å². The van der Waals surface area contributed by atoms with Crippen LogP contribution in [0.5, 0.6) is 0 Å². The van der Waals surface area contributed by atoms with Gasteiger partial charge < -0.3 is 5.73 Å². The lowest BCUT2D eigenvalue weighted by atomic mass is 9.96. The summed E-state index contributed by atoms with van der Waals surface area (Å²) in [6, 6.07) is 10.8. The number of hydrogen-bond donors (Lipinski definition) is 1. The highest BCUT2D eigenvalue weighted by Crippen LogP contribution is 2.16. The number of rotatable bonds is 3. The highest BCUT2D eigenvalue weighted by Gasteiger charge is 2.08. The van der Waals surface area contributed by atoms with Crippen molar-refractivity contribution in [3.8, 4) is 0 Å². The zero-order chi connectivity index (χ0) is 12.4. The SMILES string of the molecule is Cc1ccc2cc(CC(N)C(C)C)ccc2n1. The molecule has 0 fully saturated rings. The number of hydrogen-bond acceptors (Lipinski definition) is 2. The smallest absolute Gasteiger partial charge is 0.0705 e. The average molecular weight is 228 g/mol. The van der Waals surface area contributed by atoms with Crippen molar-refractivity contribution in [2.75, 3.05) is 0 Å². The number of nitrogens with two attached hydrogens (primary N) is 1. The van der Waals surface area contributed by atoms with Crippen LogP contribution in [-0.4, -0.2) is 11.0 Å². The van der Waals surface area contributed by atoms with Gasteiger partial charge in [-0.25, -0.2) is 0 Å². The highest BCUT2D eigenvalue weighted by molar-refractivity contribution is 5.79. The van der Waals surface area contributed by atoms with Crippen LogP contribution in [0.1, 0.15) is 25.1 Å². The standard InChI is InChI=1S/C15H20N2/c1-10(2)14(16)9-12-5-7-15-13(8-12)6-4-11(3)17-15/h4-8,10,14H,9,16H2,1-3H3. The Morgan fingerprint density at radius 1 is 1.18 bits per heavy atom. The normalized spacial score (nSPS) is 13.2. The molecule has 17 heavy (non-hydrogen) atoms. The second-order valence-corrected chi connectivity index (χ2v) is 5.09. The molecule has 1 heterocycles. The molecule has 0 saturated carbocycles. The van der Waals surface area contributed by atoms with Gasteiger partial charge in [0, 0.05) is 17.1 Å². The minimum atomic E-state index is 0.228. The third kappa shape index (κ3) is 2.83. The molecule has 1 aromatic carbocycles. The van der Waals surface area contributed by atoms with Crippen molar-refractivity contribution in [1.29, 1.82) is 0 Å². The molecule has 1 unspecified atom stereocenters. The summed E-state index contributed by atoms with van der Waals surface area (Å²) in [7, 11) is 0. The molecule has 0 saturated heterocycles. The molecular formula is C15H20N2. The quantitative estimate of drug-likeness (QED) is 0.876. The lowest BCUT2D eigenvalue weighted by Crippen LogP contribution is -2.28. The van der Waals surface area contributed by atoms with Crippen molar-refractivity contribution in [2.24, 2.45) is 11.7 Å². The van der Waals surface area contributed by atoms with E-state index in [0.29, 0.717) is 5.92 Å². The Bertz CT molecular complexity index is 517. The molecule has 0 bridgehead atoms. The number of benzene rings is 1. The van der Waals surface area contributed by atoms with E-state index < -0.39 is 0 Å². The molecule has 1 aromatic heterocycles. The van der Waals surface area contributed by atoms with Crippen LogP contribution in [0.15, 0.2) is 30.3 Å². The lowest BCUT2D eigenvalue weighted by molar-refractivity contribution is 0.491. The Kier molecular flexibility index (Phi) is 3.43. The van der Waals surface area contributed by atoms with Gasteiger partial charge in [0.05, 0.1) is 5.52 Å². The Balaban J connectivity index is 2.29. The number of fused-ring (bicyclic) bond motifs is 1. The van der Waals surface area contributed by atoms with Crippen molar-refractivity contribution < 1.29 is 0 Å². The Morgan fingerprint density at radius 3 is 2.65 bits per heavy atom. The predicted octanol–water partition coefficient (Wildman–Crippen LogP) is 3.07. The summed E-state index contributed by atoms with van der Waals surface area (Å²) in [4.78, 5) is 4.50. The van der Waals surface area contributed by atoms with Crippen molar-refractivity contribution >= 4 is 10.9 Å². The van der Waals surface area contributed by atoms with Gasteiger partial charge in [0.15, 0.2) is 0 Å². The molecule has 2 N–H and O–H groups in total. The number of aryl methyl sites for hydroxylation is 1. The molecule has 90 valence electrons. The molecule has 2 nitrogen and oxygen atoms in total. The Labute approximate surface area is 103 Å². The zero-order valence-electron chi connectivity index (χ0n) is 10.8. The topological polar surface area (TPSA) is 38.9 Å². The fraction of sp³-hybridized carbons (Fsp3) is 0.400. The third-order valence-electron chi connectivity index (χ3n) is 3.22. The van der Waals surface area contributed by atoms with Crippen LogP contribution in [0, 0.1) is 12.8 Å². The third-order valence-corrected chi connectivity index (χ3v) is 3.22. The molecule has 2 rings (SSSR count). The first kappa shape index (κ1) is 12.1. The highest BCUT2D eigenvalue weighted by atomic mass is 14.7. The summed E-state index contributed by atoms with van der Waals surface area (Å²) in [5.41, 5.74) is 9.52. The lowest BCUT2D eigenvalue weighted by Gasteiger charge is -2.15. The Morgan fingerprint density at radius 2 is 1.94 bits per heavy atom. The molecule has 1 atom stereocenters. The minimum Gasteiger partial charge on any atom is -0.327 e. The molecular weight excluding hydrogens is 208 g/mol. The first-order valence-corrected chi connectivity index (χ1v) is 6.18. The summed E-state index contributed by atoms with van der Waals surface area (Å²) < 4.78 is 0. The second-order valence-electron chi connectivity index (χ2n) is 5.09. The molecule has 0 aliphatic rings. The van der Waals surface area contributed by atoms with Crippen LogP contribution in [-0.2, 0) is 6.42 Å². The van der Waals surface area contributed by atoms with E-state index >= 15 is 0 Å². The van der Waals surface area contributed by atoms with Gasteiger partial charge >= 0.3 is 0 Å². The maximum Gasteiger partial charge on any atom is 0.0705 e. The van der Waals surface area contributed by atoms with Crippen LogP contribution in [0.4, 0.5) is 0 Å². The molecule has 0 aliphatic heterocycles. The fourth-order valence-electron chi connectivity index (χ4n) is 1.91. The molecule has 0 aliphatic carbocycles. The van der Waals surface area contributed by atoms with Gasteiger partial charge in [-0.05, 0) is 43.0 Å². The summed E-state index contributed by atoms with van der Waals surface area (Å²) in [5.74, 6) is 0.516. The maximum atomic E-state index is 6.10. The van der Waals surface area contributed by atoms with Gasteiger partial charge in [-0.15, -0.1) is 0 Å². The zero-order valence-corrected chi connectivity index (χ0v) is 10.8. The van der Waals surface area contributed by atoms with Gasteiger partial charge in [-0.3, -0.25) is 4.98 Å². The first-order valence-electron chi connectivity index (χ1n) is 6.18.